The van der Waals surface area contributed by atoms with Crippen LogP contribution in [0.2, 0.25) is 0 Å². The van der Waals surface area contributed by atoms with Gasteiger partial charge < -0.3 is 31.2 Å². The molecule has 0 saturated carbocycles. The molecule has 0 aliphatic rings. The predicted octanol–water partition coefficient (Wildman–Crippen LogP) is 4.31. The van der Waals surface area contributed by atoms with E-state index < -0.39 is 11.8 Å². The smallest absolute Gasteiger partial charge is 0.249 e. The first-order valence-electron chi connectivity index (χ1n) is 10.9. The fourth-order valence-electron chi connectivity index (χ4n) is 4.29. The number of primary amides is 2. The van der Waals surface area contributed by atoms with Crippen LogP contribution in [0.3, 0.4) is 0 Å². The van der Waals surface area contributed by atoms with Crippen LogP contribution in [0.15, 0.2) is 72.8 Å². The molecule has 0 bridgehead atoms. The van der Waals surface area contributed by atoms with Gasteiger partial charge >= 0.3 is 0 Å². The zero-order valence-corrected chi connectivity index (χ0v) is 19.6. The summed E-state index contributed by atoms with van der Waals surface area (Å²) in [7, 11) is 2.79. The van der Waals surface area contributed by atoms with Crippen LogP contribution in [0, 0.1) is 0 Å². The maximum absolute atomic E-state index is 12.2. The van der Waals surface area contributed by atoms with Crippen LogP contribution in [0.1, 0.15) is 20.7 Å². The molecule has 0 aliphatic heterocycles. The number of nitrogens with two attached hydrogens (primary N) is 2. The molecule has 0 radical (unpaired) electrons. The second-order valence-electron chi connectivity index (χ2n) is 7.90. The van der Waals surface area contributed by atoms with Crippen molar-refractivity contribution in [1.29, 1.82) is 0 Å². The van der Waals surface area contributed by atoms with E-state index >= 15 is 0 Å². The Morgan fingerprint density at radius 3 is 1.28 bits per heavy atom. The van der Waals surface area contributed by atoms with Gasteiger partial charge in [0.25, 0.3) is 0 Å². The van der Waals surface area contributed by atoms with Crippen molar-refractivity contribution in [1.82, 2.24) is 0 Å². The second kappa shape index (κ2) is 9.71. The highest BCUT2D eigenvalue weighted by Crippen LogP contribution is 2.53. The van der Waals surface area contributed by atoms with Crippen LogP contribution in [-0.2, 0) is 0 Å². The van der Waals surface area contributed by atoms with Crippen LogP contribution >= 0.6 is 0 Å². The van der Waals surface area contributed by atoms with Gasteiger partial charge in [0.05, 0.1) is 14.2 Å². The molecule has 0 fully saturated rings. The third-order valence-corrected chi connectivity index (χ3v) is 5.94. The topological polar surface area (TPSA) is 145 Å². The zero-order valence-electron chi connectivity index (χ0n) is 19.6. The summed E-state index contributed by atoms with van der Waals surface area (Å²) < 4.78 is 10.7. The third-order valence-electron chi connectivity index (χ3n) is 5.94. The molecule has 4 aromatic carbocycles. The summed E-state index contributed by atoms with van der Waals surface area (Å²) in [4.78, 5) is 24.5. The Balaban J connectivity index is 2.20. The minimum absolute atomic E-state index is 0.127. The lowest BCUT2D eigenvalue weighted by molar-refractivity contribution is 0.0992. The number of benzene rings is 4. The van der Waals surface area contributed by atoms with E-state index in [1.54, 1.807) is 72.8 Å². The standard InChI is InChI=1S/C28H24N2O6/c1-35-21-13-11-17(15-7-3-5-9-19(15)27(29)33)23(25(21)31)24-18(12-14-22(36-2)26(24)32)16-8-4-6-10-20(16)28(30)34/h3-14,31-32H,1-2H3,(H2,29,33)(H2,30,34). The number of amides is 2. The van der Waals surface area contributed by atoms with Crippen LogP contribution in [-0.4, -0.2) is 36.2 Å². The summed E-state index contributed by atoms with van der Waals surface area (Å²) in [5.41, 5.74) is 13.6. The number of phenols is 2. The molecule has 0 heterocycles. The molecule has 0 aliphatic carbocycles. The molecule has 8 heteroatoms. The number of rotatable bonds is 7. The van der Waals surface area contributed by atoms with Gasteiger partial charge in [-0.2, -0.15) is 0 Å². The molecule has 0 atom stereocenters. The first-order valence-corrected chi connectivity index (χ1v) is 10.9. The lowest BCUT2D eigenvalue weighted by atomic mass is 9.85. The van der Waals surface area contributed by atoms with Crippen molar-refractivity contribution in [3.8, 4) is 56.4 Å². The molecule has 6 N–H and O–H groups in total. The van der Waals surface area contributed by atoms with Crippen LogP contribution in [0.25, 0.3) is 33.4 Å². The molecule has 4 rings (SSSR count). The molecular formula is C28H24N2O6. The first kappa shape index (κ1) is 24.2. The monoisotopic (exact) mass is 484 g/mol. The van der Waals surface area contributed by atoms with E-state index in [1.165, 1.54) is 14.2 Å². The summed E-state index contributed by atoms with van der Waals surface area (Å²) in [6, 6.07) is 19.7. The quantitative estimate of drug-likeness (QED) is 0.307. The summed E-state index contributed by atoms with van der Waals surface area (Å²) in [6.45, 7) is 0. The van der Waals surface area contributed by atoms with Gasteiger partial charge in [-0.05, 0) is 58.7 Å². The molecule has 0 saturated heterocycles. The van der Waals surface area contributed by atoms with E-state index in [1.807, 2.05) is 0 Å². The van der Waals surface area contributed by atoms with Crippen LogP contribution in [0.4, 0.5) is 0 Å². The number of carbonyl (C=O) groups excluding carboxylic acids is 2. The average molecular weight is 485 g/mol. The van der Waals surface area contributed by atoms with E-state index in [4.69, 9.17) is 20.9 Å². The molecule has 0 aromatic heterocycles. The summed E-state index contributed by atoms with van der Waals surface area (Å²) in [5, 5.41) is 22.7. The van der Waals surface area contributed by atoms with Gasteiger partial charge in [-0.1, -0.05) is 36.4 Å². The lowest BCUT2D eigenvalue weighted by Crippen LogP contribution is -2.13. The number of ether oxygens (including phenoxy) is 2. The Bertz CT molecular complexity index is 1380. The Morgan fingerprint density at radius 2 is 0.944 bits per heavy atom. The van der Waals surface area contributed by atoms with Crippen molar-refractivity contribution in [2.75, 3.05) is 14.2 Å². The van der Waals surface area contributed by atoms with Gasteiger partial charge in [0.2, 0.25) is 11.8 Å². The number of hydrogen-bond donors (Lipinski definition) is 4. The molecule has 4 aromatic rings. The molecule has 0 spiro atoms. The van der Waals surface area contributed by atoms with Crippen molar-refractivity contribution in [3.05, 3.63) is 83.9 Å². The average Bonchev–Trinajstić information content (AvgIpc) is 2.88. The predicted molar refractivity (Wildman–Crippen MR) is 136 cm³/mol. The van der Waals surface area contributed by atoms with Gasteiger partial charge in [0, 0.05) is 22.3 Å². The van der Waals surface area contributed by atoms with Crippen molar-refractivity contribution < 1.29 is 29.3 Å². The maximum Gasteiger partial charge on any atom is 0.249 e. The Hall–Kier alpha value is -4.98. The number of carbonyl (C=O) groups is 2. The second-order valence-corrected chi connectivity index (χ2v) is 7.90. The van der Waals surface area contributed by atoms with Crippen molar-refractivity contribution >= 4 is 11.8 Å². The van der Waals surface area contributed by atoms with Crippen molar-refractivity contribution in [2.45, 2.75) is 0 Å². The Kier molecular flexibility index (Phi) is 6.52. The van der Waals surface area contributed by atoms with Gasteiger partial charge in [-0.25, -0.2) is 0 Å². The molecule has 0 unspecified atom stereocenters. The summed E-state index contributed by atoms with van der Waals surface area (Å²) in [5.74, 6) is -1.67. The zero-order chi connectivity index (χ0) is 26.0. The molecular weight excluding hydrogens is 460 g/mol. The van der Waals surface area contributed by atoms with Gasteiger partial charge in [0.1, 0.15) is 0 Å². The number of methoxy groups -OCH3 is 2. The largest absolute Gasteiger partial charge is 0.504 e. The lowest BCUT2D eigenvalue weighted by Gasteiger charge is -2.21. The SMILES string of the molecule is COc1ccc(-c2ccccc2C(N)=O)c(-c2c(-c3ccccc3C(N)=O)ccc(OC)c2O)c1O. The highest BCUT2D eigenvalue weighted by Gasteiger charge is 2.27. The summed E-state index contributed by atoms with van der Waals surface area (Å²) in [6.07, 6.45) is 0. The van der Waals surface area contributed by atoms with Crippen LogP contribution < -0.4 is 20.9 Å². The number of hydrogen-bond acceptors (Lipinski definition) is 6. The summed E-state index contributed by atoms with van der Waals surface area (Å²) >= 11 is 0. The highest BCUT2D eigenvalue weighted by molar-refractivity contribution is 6.07. The molecule has 36 heavy (non-hydrogen) atoms. The van der Waals surface area contributed by atoms with Crippen molar-refractivity contribution in [3.63, 3.8) is 0 Å². The molecule has 2 amide bonds. The number of aromatic hydroxyl groups is 2. The van der Waals surface area contributed by atoms with E-state index in [0.29, 0.717) is 22.3 Å². The van der Waals surface area contributed by atoms with Gasteiger partial charge in [-0.3, -0.25) is 9.59 Å². The Labute approximate surface area is 207 Å². The fourth-order valence-corrected chi connectivity index (χ4v) is 4.29. The van der Waals surface area contributed by atoms with E-state index in [9.17, 15) is 19.8 Å². The minimum Gasteiger partial charge on any atom is -0.504 e. The van der Waals surface area contributed by atoms with Crippen molar-refractivity contribution in [2.24, 2.45) is 11.5 Å². The van der Waals surface area contributed by atoms with E-state index in [0.717, 1.165) is 0 Å². The van der Waals surface area contributed by atoms with E-state index in [-0.39, 0.29) is 45.3 Å². The normalized spacial score (nSPS) is 10.6. The number of phenolic OH excluding ortho intramolecular Hbond substituents is 2. The fraction of sp³-hybridized carbons (Fsp3) is 0.0714. The molecule has 182 valence electrons. The van der Waals surface area contributed by atoms with E-state index in [2.05, 4.69) is 0 Å². The van der Waals surface area contributed by atoms with Gasteiger partial charge in [-0.15, -0.1) is 0 Å². The van der Waals surface area contributed by atoms with Gasteiger partial charge in [0.15, 0.2) is 23.0 Å². The Morgan fingerprint density at radius 1 is 0.583 bits per heavy atom. The maximum atomic E-state index is 12.2. The highest BCUT2D eigenvalue weighted by atomic mass is 16.5. The third kappa shape index (κ3) is 4.05. The minimum atomic E-state index is -0.666. The first-order chi connectivity index (χ1) is 17.3. The molecule has 8 nitrogen and oxygen atoms in total. The van der Waals surface area contributed by atoms with Crippen LogP contribution in [0.5, 0.6) is 23.0 Å².